The van der Waals surface area contributed by atoms with Gasteiger partial charge in [0, 0.05) is 12.1 Å². The molecule has 2 atom stereocenters. The van der Waals surface area contributed by atoms with Crippen molar-refractivity contribution in [2.75, 3.05) is 6.61 Å². The Hall–Kier alpha value is -2.18. The molecule has 1 aromatic rings. The third-order valence-electron chi connectivity index (χ3n) is 3.07. The van der Waals surface area contributed by atoms with Gasteiger partial charge in [0.05, 0.1) is 12.3 Å². The van der Waals surface area contributed by atoms with Gasteiger partial charge in [-0.15, -0.1) is 0 Å². The van der Waals surface area contributed by atoms with Gasteiger partial charge in [0.25, 0.3) is 0 Å². The van der Waals surface area contributed by atoms with Crippen molar-refractivity contribution >= 4 is 17.8 Å². The Morgan fingerprint density at radius 1 is 1.45 bits per heavy atom. The Morgan fingerprint density at radius 2 is 2.05 bits per heavy atom. The van der Waals surface area contributed by atoms with Crippen LogP contribution < -0.4 is 5.73 Å². The van der Waals surface area contributed by atoms with Crippen LogP contribution in [0.5, 0.6) is 0 Å². The fourth-order valence-electron chi connectivity index (χ4n) is 2.15. The van der Waals surface area contributed by atoms with E-state index in [1.165, 1.54) is 13.1 Å². The van der Waals surface area contributed by atoms with E-state index in [1.54, 1.807) is 20.8 Å². The van der Waals surface area contributed by atoms with Crippen LogP contribution in [0.25, 0.3) is 0 Å². The summed E-state index contributed by atoms with van der Waals surface area (Å²) in [7, 11) is 0. The van der Waals surface area contributed by atoms with Crippen LogP contribution in [-0.2, 0) is 14.3 Å². The summed E-state index contributed by atoms with van der Waals surface area (Å²) in [6, 6.07) is -0.720. The summed E-state index contributed by atoms with van der Waals surface area (Å²) < 4.78 is 5.91. The maximum absolute atomic E-state index is 11.9. The van der Waals surface area contributed by atoms with Crippen LogP contribution in [0.2, 0.25) is 0 Å². The molecule has 7 nitrogen and oxygen atoms in total. The quantitative estimate of drug-likeness (QED) is 0.640. The summed E-state index contributed by atoms with van der Waals surface area (Å²) in [5.41, 5.74) is 6.31. The third-order valence-corrected chi connectivity index (χ3v) is 3.07. The molecule has 0 aliphatic heterocycles. The fourth-order valence-corrected chi connectivity index (χ4v) is 2.15. The lowest BCUT2D eigenvalue weighted by molar-refractivity contribution is -0.151. The first-order chi connectivity index (χ1) is 9.29. The van der Waals surface area contributed by atoms with Crippen molar-refractivity contribution in [1.82, 2.24) is 9.78 Å². The second kappa shape index (κ2) is 6.31. The number of esters is 1. The van der Waals surface area contributed by atoms with Gasteiger partial charge in [0.2, 0.25) is 0 Å². The number of aromatic nitrogens is 2. The summed E-state index contributed by atoms with van der Waals surface area (Å²) in [5.74, 6) is -2.32. The van der Waals surface area contributed by atoms with E-state index in [4.69, 9.17) is 10.5 Å². The Morgan fingerprint density at radius 3 is 2.45 bits per heavy atom. The van der Waals surface area contributed by atoms with Crippen molar-refractivity contribution in [3.8, 4) is 0 Å². The minimum absolute atomic E-state index is 0.198. The molecule has 2 unspecified atom stereocenters. The van der Waals surface area contributed by atoms with E-state index in [2.05, 4.69) is 5.10 Å². The van der Waals surface area contributed by atoms with Gasteiger partial charge in [-0.25, -0.2) is 4.79 Å². The van der Waals surface area contributed by atoms with E-state index >= 15 is 0 Å². The van der Waals surface area contributed by atoms with Gasteiger partial charge in [0.1, 0.15) is 11.7 Å². The van der Waals surface area contributed by atoms with Crippen LogP contribution in [0.4, 0.5) is 4.79 Å². The molecule has 1 aromatic heterocycles. The lowest BCUT2D eigenvalue weighted by Gasteiger charge is -2.18. The lowest BCUT2D eigenvalue weighted by Crippen LogP contribution is -2.30. The molecule has 1 heterocycles. The van der Waals surface area contributed by atoms with Crippen molar-refractivity contribution in [3.63, 3.8) is 0 Å². The first-order valence-electron chi connectivity index (χ1n) is 6.32. The zero-order valence-corrected chi connectivity index (χ0v) is 12.0. The van der Waals surface area contributed by atoms with E-state index in [9.17, 15) is 14.4 Å². The minimum Gasteiger partial charge on any atom is -0.465 e. The lowest BCUT2D eigenvalue weighted by atomic mass is 9.87. The van der Waals surface area contributed by atoms with Crippen LogP contribution in [0, 0.1) is 12.8 Å². The number of Topliss-reactive ketones (excluding diaryl/α,β-unsaturated/α-hetero) is 1. The Labute approximate surface area is 117 Å². The van der Waals surface area contributed by atoms with Gasteiger partial charge in [-0.1, -0.05) is 6.92 Å². The first kappa shape index (κ1) is 15.9. The number of ether oxygens (including phenoxy) is 1. The second-order valence-corrected chi connectivity index (χ2v) is 4.61. The van der Waals surface area contributed by atoms with Crippen LogP contribution in [0.15, 0.2) is 6.20 Å². The highest BCUT2D eigenvalue weighted by Gasteiger charge is 2.34. The van der Waals surface area contributed by atoms with Crippen LogP contribution in [0.3, 0.4) is 0 Å². The molecule has 7 heteroatoms. The van der Waals surface area contributed by atoms with Crippen LogP contribution in [-0.4, -0.2) is 34.2 Å². The average Bonchev–Trinajstić information content (AvgIpc) is 2.71. The number of nitrogens with two attached hydrogens (primary N) is 1. The minimum atomic E-state index is -0.940. The van der Waals surface area contributed by atoms with Gasteiger partial charge in [-0.05, 0) is 26.3 Å². The maximum atomic E-state index is 11.9. The molecule has 0 aromatic carbocycles. The molecule has 0 radical (unpaired) electrons. The molecule has 0 fully saturated rings. The fraction of sp³-hybridized carbons (Fsp3) is 0.538. The highest BCUT2D eigenvalue weighted by atomic mass is 16.5. The normalized spacial score (nSPS) is 13.6. The number of ketones is 1. The first-order valence-corrected chi connectivity index (χ1v) is 6.32. The molecule has 1 amide bonds. The third kappa shape index (κ3) is 3.23. The number of nitrogens with zero attached hydrogens (tertiary/aromatic N) is 2. The van der Waals surface area contributed by atoms with E-state index in [0.29, 0.717) is 11.3 Å². The molecule has 1 rings (SSSR count). The number of carbonyl (C=O) groups is 3. The second-order valence-electron chi connectivity index (χ2n) is 4.61. The van der Waals surface area contributed by atoms with Gasteiger partial charge >= 0.3 is 12.0 Å². The predicted octanol–water partition coefficient (Wildman–Crippen LogP) is 0.990. The number of primary amides is 1. The summed E-state index contributed by atoms with van der Waals surface area (Å²) in [4.78, 5) is 34.7. The molecule has 0 spiro atoms. The Balaban J connectivity index is 3.12. The van der Waals surface area contributed by atoms with Crippen molar-refractivity contribution in [2.24, 2.45) is 11.7 Å². The highest BCUT2D eigenvalue weighted by molar-refractivity contribution is 5.98. The van der Waals surface area contributed by atoms with Crippen molar-refractivity contribution in [2.45, 2.75) is 33.6 Å². The number of carbonyl (C=O) groups excluding carboxylic acids is 3. The zero-order valence-electron chi connectivity index (χ0n) is 12.0. The largest absolute Gasteiger partial charge is 0.465 e. The monoisotopic (exact) mass is 281 g/mol. The van der Waals surface area contributed by atoms with Crippen molar-refractivity contribution < 1.29 is 19.1 Å². The van der Waals surface area contributed by atoms with Gasteiger partial charge < -0.3 is 10.5 Å². The molecule has 0 saturated carbocycles. The molecule has 110 valence electrons. The number of hydrogen-bond acceptors (Lipinski definition) is 5. The summed E-state index contributed by atoms with van der Waals surface area (Å²) in [6.45, 7) is 6.64. The Kier molecular flexibility index (Phi) is 5.01. The van der Waals surface area contributed by atoms with E-state index in [1.807, 2.05) is 0 Å². The van der Waals surface area contributed by atoms with Crippen LogP contribution in [0.1, 0.15) is 37.9 Å². The molecule has 0 aliphatic rings. The molecule has 2 N–H and O–H groups in total. The van der Waals surface area contributed by atoms with Crippen molar-refractivity contribution in [3.05, 3.63) is 17.5 Å². The molecular weight excluding hydrogens is 262 g/mol. The smallest absolute Gasteiger partial charge is 0.339 e. The van der Waals surface area contributed by atoms with Crippen LogP contribution >= 0.6 is 0 Å². The number of amides is 1. The zero-order chi connectivity index (χ0) is 15.4. The Bertz CT molecular complexity index is 536. The molecular formula is C13H19N3O4. The number of aryl methyl sites for hydroxylation is 1. The number of rotatable bonds is 5. The highest BCUT2D eigenvalue weighted by Crippen LogP contribution is 2.27. The number of hydrogen-bond donors (Lipinski definition) is 1. The van der Waals surface area contributed by atoms with E-state index < -0.39 is 23.8 Å². The average molecular weight is 281 g/mol. The van der Waals surface area contributed by atoms with Gasteiger partial charge in [-0.2, -0.15) is 9.78 Å². The SMILES string of the molecule is CCOC(=O)C(C(C)=O)C(C)c1nn(C(N)=O)cc1C. The summed E-state index contributed by atoms with van der Waals surface area (Å²) >= 11 is 0. The molecule has 20 heavy (non-hydrogen) atoms. The van der Waals surface area contributed by atoms with E-state index in [0.717, 1.165) is 4.68 Å². The van der Waals surface area contributed by atoms with Gasteiger partial charge in [0.15, 0.2) is 0 Å². The summed E-state index contributed by atoms with van der Waals surface area (Å²) in [6.07, 6.45) is 1.47. The van der Waals surface area contributed by atoms with Crippen molar-refractivity contribution in [1.29, 1.82) is 0 Å². The van der Waals surface area contributed by atoms with E-state index in [-0.39, 0.29) is 12.4 Å². The molecule has 0 saturated heterocycles. The topological polar surface area (TPSA) is 104 Å². The molecule has 0 aliphatic carbocycles. The summed E-state index contributed by atoms with van der Waals surface area (Å²) in [5, 5.41) is 4.04. The molecule has 0 bridgehead atoms. The standard InChI is InChI=1S/C13H19N3O4/c1-5-20-12(18)10(9(4)17)8(3)11-7(2)6-16(15-11)13(14)19/h6,8,10H,5H2,1-4H3,(H2,14,19). The predicted molar refractivity (Wildman–Crippen MR) is 71.2 cm³/mol. The maximum Gasteiger partial charge on any atom is 0.339 e. The van der Waals surface area contributed by atoms with Gasteiger partial charge in [-0.3, -0.25) is 9.59 Å².